The Labute approximate surface area is 213 Å². The highest BCUT2D eigenvalue weighted by Gasteiger charge is 2.33. The van der Waals surface area contributed by atoms with Crippen LogP contribution < -0.4 is 5.56 Å². The summed E-state index contributed by atoms with van der Waals surface area (Å²) in [7, 11) is 0.310. The second-order valence-corrected chi connectivity index (χ2v) is 11.1. The van der Waals surface area contributed by atoms with Crippen LogP contribution in [0.1, 0.15) is 43.2 Å². The second-order valence-electron chi connectivity index (χ2n) is 9.16. The predicted octanol–water partition coefficient (Wildman–Crippen LogP) is 3.46. The molecule has 1 saturated carbocycles. The second kappa shape index (κ2) is 12.0. The molecule has 10 heteroatoms. The van der Waals surface area contributed by atoms with Gasteiger partial charge in [-0.2, -0.15) is 4.31 Å². The van der Waals surface area contributed by atoms with Crippen LogP contribution in [-0.2, 0) is 16.4 Å². The first kappa shape index (κ1) is 27.1. The monoisotopic (exact) mass is 519 g/mol. The minimum Gasteiger partial charge on any atom is -0.309 e. The summed E-state index contributed by atoms with van der Waals surface area (Å²) in [6.07, 6.45) is 8.24. The number of sulfonamides is 1. The zero-order valence-electron chi connectivity index (χ0n) is 20.3. The fraction of sp³-hybridized carbons (Fsp3) is 0.440. The first-order valence-electron chi connectivity index (χ1n) is 11.8. The van der Waals surface area contributed by atoms with Crippen molar-refractivity contribution in [3.8, 4) is 5.82 Å². The maximum atomic E-state index is 13.5. The van der Waals surface area contributed by atoms with Crippen LogP contribution in [-0.4, -0.2) is 65.6 Å². The molecule has 0 aliphatic heterocycles. The summed E-state index contributed by atoms with van der Waals surface area (Å²) >= 11 is 0. The van der Waals surface area contributed by atoms with Crippen molar-refractivity contribution in [2.45, 2.75) is 49.5 Å². The molecule has 4 rings (SSSR count). The lowest BCUT2D eigenvalue weighted by Crippen LogP contribution is -2.40. The van der Waals surface area contributed by atoms with Crippen LogP contribution in [0.3, 0.4) is 0 Å². The summed E-state index contributed by atoms with van der Waals surface area (Å²) in [5, 5.41) is 2.95. The van der Waals surface area contributed by atoms with E-state index in [0.29, 0.717) is 24.3 Å². The van der Waals surface area contributed by atoms with E-state index in [4.69, 9.17) is 0 Å². The van der Waals surface area contributed by atoms with Gasteiger partial charge in [0.15, 0.2) is 5.82 Å². The number of hydrogen-bond acceptors (Lipinski definition) is 5. The van der Waals surface area contributed by atoms with E-state index in [1.807, 2.05) is 44.4 Å². The topological polar surface area (TPSA) is 91.3 Å². The van der Waals surface area contributed by atoms with Crippen LogP contribution in [0.5, 0.6) is 0 Å². The Morgan fingerprint density at radius 3 is 2.40 bits per heavy atom. The molecule has 1 aromatic carbocycles. The van der Waals surface area contributed by atoms with Crippen LogP contribution in [0.15, 0.2) is 64.5 Å². The van der Waals surface area contributed by atoms with Gasteiger partial charge in [0.1, 0.15) is 4.90 Å². The number of H-pyrrole nitrogens is 1. The summed E-state index contributed by atoms with van der Waals surface area (Å²) in [5.74, 6) is 0.364. The minimum atomic E-state index is -3.67. The third-order valence-electron chi connectivity index (χ3n) is 6.36. The molecule has 0 radical (unpaired) electrons. The Morgan fingerprint density at radius 1 is 1.06 bits per heavy atom. The van der Waals surface area contributed by atoms with Crippen molar-refractivity contribution in [3.05, 3.63) is 76.3 Å². The third kappa shape index (κ3) is 6.41. The van der Waals surface area contributed by atoms with Crippen LogP contribution in [0.4, 0.5) is 0 Å². The maximum Gasteiger partial charge on any atom is 0.276 e. The molecular weight excluding hydrogens is 486 g/mol. The lowest BCUT2D eigenvalue weighted by Gasteiger charge is -2.28. The number of nitrogens with zero attached hydrogens (tertiary/aromatic N) is 4. The lowest BCUT2D eigenvalue weighted by molar-refractivity contribution is 0.297. The molecule has 190 valence electrons. The van der Waals surface area contributed by atoms with Crippen LogP contribution in [0.2, 0.25) is 0 Å². The van der Waals surface area contributed by atoms with E-state index < -0.39 is 10.0 Å². The molecular formula is C25H34ClN5O3S. The van der Waals surface area contributed by atoms with Crippen molar-refractivity contribution in [1.29, 1.82) is 0 Å². The molecule has 2 aromatic heterocycles. The molecule has 2 heterocycles. The molecule has 1 aliphatic carbocycles. The van der Waals surface area contributed by atoms with Gasteiger partial charge < -0.3 is 4.90 Å². The van der Waals surface area contributed by atoms with Crippen LogP contribution in [0, 0.1) is 0 Å². The predicted molar refractivity (Wildman–Crippen MR) is 140 cm³/mol. The fourth-order valence-electron chi connectivity index (χ4n) is 4.55. The normalized spacial score (nSPS) is 14.5. The Morgan fingerprint density at radius 2 is 1.77 bits per heavy atom. The first-order chi connectivity index (χ1) is 16.4. The fourth-order valence-corrected chi connectivity index (χ4v) is 6.22. The highest BCUT2D eigenvalue weighted by Crippen LogP contribution is 2.29. The quantitative estimate of drug-likeness (QED) is 0.443. The zero-order valence-corrected chi connectivity index (χ0v) is 21.9. The summed E-state index contributed by atoms with van der Waals surface area (Å²) in [4.78, 5) is 19.4. The Bertz CT molecular complexity index is 1230. The standard InChI is InChI=1S/C25H33N5O3S.ClH/c1-28(2)15-8-16-29(22-11-6-7-12-22)34(32,33)23-13-14-24(26-19-23)30-25(31)21(18-27-30)17-20-9-4-3-5-10-20;/h3-5,9-10,13-14,18-19,22,27H,6-8,11-12,15-17H2,1-2H3;1H. The summed E-state index contributed by atoms with van der Waals surface area (Å²) in [5.41, 5.74) is 1.47. The SMILES string of the molecule is CN(C)CCCN(C1CCCC1)S(=O)(=O)c1ccc(-n2[nH]cc(Cc3ccccc3)c2=O)nc1.Cl. The van der Waals surface area contributed by atoms with Gasteiger partial charge in [-0.3, -0.25) is 9.89 Å². The molecule has 0 atom stereocenters. The third-order valence-corrected chi connectivity index (χ3v) is 8.29. The van der Waals surface area contributed by atoms with E-state index >= 15 is 0 Å². The number of halogens is 1. The first-order valence-corrected chi connectivity index (χ1v) is 13.3. The highest BCUT2D eigenvalue weighted by molar-refractivity contribution is 7.89. The Hall–Kier alpha value is -2.46. The van der Waals surface area contributed by atoms with Crippen LogP contribution in [0.25, 0.3) is 5.82 Å². The van der Waals surface area contributed by atoms with Gasteiger partial charge in [-0.15, -0.1) is 12.4 Å². The summed E-state index contributed by atoms with van der Waals surface area (Å²) in [6, 6.07) is 13.0. The molecule has 8 nitrogen and oxygen atoms in total. The number of aromatic nitrogens is 3. The van der Waals surface area contributed by atoms with E-state index in [9.17, 15) is 13.2 Å². The molecule has 0 amide bonds. The molecule has 0 bridgehead atoms. The van der Waals surface area contributed by atoms with Gasteiger partial charge in [0.2, 0.25) is 10.0 Å². The number of pyridine rings is 1. The van der Waals surface area contributed by atoms with E-state index in [0.717, 1.165) is 44.2 Å². The van der Waals surface area contributed by atoms with Gasteiger partial charge >= 0.3 is 0 Å². The average molecular weight is 520 g/mol. The van der Waals surface area contributed by atoms with Crippen LogP contribution >= 0.6 is 12.4 Å². The van der Waals surface area contributed by atoms with Gasteiger partial charge in [0, 0.05) is 37.0 Å². The van der Waals surface area contributed by atoms with E-state index in [1.165, 1.54) is 10.9 Å². The van der Waals surface area contributed by atoms with Gasteiger partial charge in [-0.25, -0.2) is 18.1 Å². The number of hydrogen-bond donors (Lipinski definition) is 1. The number of rotatable bonds is 10. The number of aromatic amines is 1. The largest absolute Gasteiger partial charge is 0.309 e. The van der Waals surface area contributed by atoms with Gasteiger partial charge in [0.05, 0.1) is 0 Å². The Balaban J connectivity index is 0.00000342. The molecule has 0 unspecified atom stereocenters. The Kier molecular flexibility index (Phi) is 9.29. The highest BCUT2D eigenvalue weighted by atomic mass is 35.5. The van der Waals surface area contributed by atoms with Crippen molar-refractivity contribution < 1.29 is 8.42 Å². The van der Waals surface area contributed by atoms with E-state index in [2.05, 4.69) is 15.0 Å². The molecule has 3 aromatic rings. The smallest absolute Gasteiger partial charge is 0.276 e. The average Bonchev–Trinajstić information content (AvgIpc) is 3.48. The van der Waals surface area contributed by atoms with Gasteiger partial charge in [-0.05, 0) is 57.6 Å². The molecule has 35 heavy (non-hydrogen) atoms. The minimum absolute atomic E-state index is 0. The molecule has 0 saturated heterocycles. The van der Waals surface area contributed by atoms with Crippen molar-refractivity contribution >= 4 is 22.4 Å². The zero-order chi connectivity index (χ0) is 24.1. The van der Waals surface area contributed by atoms with E-state index in [1.54, 1.807) is 22.6 Å². The molecule has 1 fully saturated rings. The lowest BCUT2D eigenvalue weighted by atomic mass is 10.1. The summed E-state index contributed by atoms with van der Waals surface area (Å²) < 4.78 is 30.0. The number of benzene rings is 1. The van der Waals surface area contributed by atoms with E-state index in [-0.39, 0.29) is 28.9 Å². The summed E-state index contributed by atoms with van der Waals surface area (Å²) in [6.45, 7) is 1.32. The van der Waals surface area contributed by atoms with Crippen molar-refractivity contribution in [1.82, 2.24) is 24.0 Å². The van der Waals surface area contributed by atoms with Crippen molar-refractivity contribution in [2.75, 3.05) is 27.2 Å². The molecule has 0 spiro atoms. The van der Waals surface area contributed by atoms with Gasteiger partial charge in [0.25, 0.3) is 5.56 Å². The van der Waals surface area contributed by atoms with Crippen molar-refractivity contribution in [2.24, 2.45) is 0 Å². The number of nitrogens with one attached hydrogen (secondary N) is 1. The molecule has 1 aliphatic rings. The maximum absolute atomic E-state index is 13.5. The van der Waals surface area contributed by atoms with Gasteiger partial charge in [-0.1, -0.05) is 43.2 Å². The molecule has 1 N–H and O–H groups in total. The van der Waals surface area contributed by atoms with Crippen molar-refractivity contribution in [3.63, 3.8) is 0 Å².